The molecule has 0 spiro atoms. The number of halogens is 6. The minimum atomic E-state index is -5.01. The maximum atomic E-state index is 13.5. The predicted octanol–water partition coefficient (Wildman–Crippen LogP) is 4.75. The summed E-state index contributed by atoms with van der Waals surface area (Å²) in [7, 11) is -2.06. The van der Waals surface area contributed by atoms with Crippen LogP contribution in [0.5, 0.6) is 0 Å². The molecule has 6 nitrogen and oxygen atoms in total. The van der Waals surface area contributed by atoms with Crippen molar-refractivity contribution in [1.29, 1.82) is 0 Å². The van der Waals surface area contributed by atoms with Crippen molar-refractivity contribution in [3.8, 4) is 0 Å². The van der Waals surface area contributed by atoms with Gasteiger partial charge in [-0.1, -0.05) is 30.3 Å². The van der Waals surface area contributed by atoms with Gasteiger partial charge in [0.05, 0.1) is 16.9 Å². The summed E-state index contributed by atoms with van der Waals surface area (Å²) in [6.45, 7) is -0.225. The molecule has 0 aromatic heterocycles. The molecule has 214 valence electrons. The largest absolute Gasteiger partial charge is 0.416 e. The lowest BCUT2D eigenvalue weighted by Gasteiger charge is -2.39. The van der Waals surface area contributed by atoms with Crippen LogP contribution in [0.3, 0.4) is 0 Å². The molecular formula is C26H28F6N2O4S. The molecule has 1 aliphatic heterocycles. The van der Waals surface area contributed by atoms with Crippen molar-refractivity contribution >= 4 is 21.7 Å². The zero-order chi connectivity index (χ0) is 29.2. The van der Waals surface area contributed by atoms with E-state index in [1.807, 2.05) is 0 Å². The third kappa shape index (κ3) is 8.20. The van der Waals surface area contributed by atoms with Gasteiger partial charge in [0.1, 0.15) is 9.84 Å². The van der Waals surface area contributed by atoms with Crippen LogP contribution in [-0.2, 0) is 38.3 Å². The van der Waals surface area contributed by atoms with Crippen LogP contribution in [0, 0.1) is 5.92 Å². The number of sulfone groups is 1. The van der Waals surface area contributed by atoms with E-state index in [0.29, 0.717) is 12.1 Å². The first-order valence-electron chi connectivity index (χ1n) is 12.0. The molecule has 1 fully saturated rings. The summed E-state index contributed by atoms with van der Waals surface area (Å²) >= 11 is 0. The number of nitrogens with zero attached hydrogens (tertiary/aromatic N) is 2. The van der Waals surface area contributed by atoms with E-state index in [1.165, 1.54) is 11.9 Å². The second-order valence-electron chi connectivity index (χ2n) is 9.74. The molecule has 2 aromatic carbocycles. The zero-order valence-corrected chi connectivity index (χ0v) is 22.0. The zero-order valence-electron chi connectivity index (χ0n) is 21.2. The average molecular weight is 579 g/mol. The summed E-state index contributed by atoms with van der Waals surface area (Å²) in [5.74, 6) is -2.41. The second-order valence-corrected chi connectivity index (χ2v) is 12.0. The molecule has 2 amide bonds. The van der Waals surface area contributed by atoms with Gasteiger partial charge in [-0.05, 0) is 35.7 Å². The molecule has 1 saturated heterocycles. The maximum Gasteiger partial charge on any atom is 0.416 e. The van der Waals surface area contributed by atoms with E-state index < -0.39 is 57.6 Å². The Morgan fingerprint density at radius 2 is 1.54 bits per heavy atom. The Morgan fingerprint density at radius 1 is 0.974 bits per heavy atom. The summed E-state index contributed by atoms with van der Waals surface area (Å²) in [6, 6.07) is 9.99. The first kappa shape index (κ1) is 30.5. The molecule has 0 saturated carbocycles. The lowest BCUT2D eigenvalue weighted by molar-refractivity contribution is -0.143. The molecule has 2 atom stereocenters. The number of rotatable bonds is 7. The van der Waals surface area contributed by atoms with Gasteiger partial charge in [-0.3, -0.25) is 9.59 Å². The van der Waals surface area contributed by atoms with Crippen LogP contribution in [0.4, 0.5) is 26.3 Å². The number of piperidine rings is 1. The fraction of sp³-hybridized carbons (Fsp3) is 0.462. The van der Waals surface area contributed by atoms with E-state index in [1.54, 1.807) is 30.3 Å². The van der Waals surface area contributed by atoms with Crippen LogP contribution < -0.4 is 0 Å². The lowest BCUT2D eigenvalue weighted by Crippen LogP contribution is -2.47. The van der Waals surface area contributed by atoms with Gasteiger partial charge in [0.15, 0.2) is 0 Å². The molecule has 0 bridgehead atoms. The van der Waals surface area contributed by atoms with Gasteiger partial charge in [-0.25, -0.2) is 8.42 Å². The molecule has 0 aliphatic carbocycles. The molecule has 13 heteroatoms. The molecule has 3 rings (SSSR count). The highest BCUT2D eigenvalue weighted by Crippen LogP contribution is 2.37. The Morgan fingerprint density at radius 3 is 2.05 bits per heavy atom. The van der Waals surface area contributed by atoms with E-state index in [4.69, 9.17) is 0 Å². The first-order chi connectivity index (χ1) is 18.0. The Balaban J connectivity index is 1.84. The quantitative estimate of drug-likeness (QED) is 0.445. The molecule has 1 aliphatic rings. The standard InChI is InChI=1S/C26H28F6N2O4S/c1-33(15-17-12-19(25(27,28)29)14-20(13-17)26(30,31)32)24(36)21-8-10-34(23(35)9-11-39(2,37)38)16-22(21)18-6-4-3-5-7-18/h3-7,12-14,21-22H,8-11,15-16H2,1-2H3. The minimum Gasteiger partial charge on any atom is -0.342 e. The molecule has 0 radical (unpaired) electrons. The number of hydrogen-bond donors (Lipinski definition) is 0. The van der Waals surface area contributed by atoms with Crippen molar-refractivity contribution in [1.82, 2.24) is 9.80 Å². The summed E-state index contributed by atoms with van der Waals surface area (Å²) in [6.07, 6.45) is -9.02. The molecule has 0 N–H and O–H groups in total. The smallest absolute Gasteiger partial charge is 0.342 e. The van der Waals surface area contributed by atoms with Crippen LogP contribution in [0.15, 0.2) is 48.5 Å². The van der Waals surface area contributed by atoms with E-state index in [9.17, 15) is 44.3 Å². The van der Waals surface area contributed by atoms with Gasteiger partial charge in [0.2, 0.25) is 11.8 Å². The summed E-state index contributed by atoms with van der Waals surface area (Å²) in [5, 5.41) is 0. The molecular weight excluding hydrogens is 550 g/mol. The number of carbonyl (C=O) groups excluding carboxylic acids is 2. The van der Waals surface area contributed by atoms with Crippen molar-refractivity contribution in [2.24, 2.45) is 5.92 Å². The highest BCUT2D eigenvalue weighted by atomic mass is 32.2. The van der Waals surface area contributed by atoms with Crippen molar-refractivity contribution in [2.45, 2.75) is 37.7 Å². The van der Waals surface area contributed by atoms with Crippen LogP contribution in [0.1, 0.15) is 41.0 Å². The Bertz CT molecular complexity index is 1260. The molecule has 39 heavy (non-hydrogen) atoms. The summed E-state index contributed by atoms with van der Waals surface area (Å²) in [5.41, 5.74) is -2.52. The first-order valence-corrected chi connectivity index (χ1v) is 14.1. The van der Waals surface area contributed by atoms with E-state index >= 15 is 0 Å². The Kier molecular flexibility index (Phi) is 9.03. The fourth-order valence-corrected chi connectivity index (χ4v) is 5.23. The number of benzene rings is 2. The normalized spacial score (nSPS) is 18.6. The highest BCUT2D eigenvalue weighted by Gasteiger charge is 2.39. The highest BCUT2D eigenvalue weighted by molar-refractivity contribution is 7.90. The van der Waals surface area contributed by atoms with Crippen LogP contribution in [-0.4, -0.2) is 62.2 Å². The molecule has 2 unspecified atom stereocenters. The van der Waals surface area contributed by atoms with E-state index in [0.717, 1.165) is 16.7 Å². The number of hydrogen-bond acceptors (Lipinski definition) is 4. The maximum absolute atomic E-state index is 13.5. The molecule has 2 aromatic rings. The van der Waals surface area contributed by atoms with Gasteiger partial charge in [0.25, 0.3) is 0 Å². The third-order valence-corrected chi connectivity index (χ3v) is 7.59. The van der Waals surface area contributed by atoms with Gasteiger partial charge >= 0.3 is 12.4 Å². The van der Waals surface area contributed by atoms with Crippen molar-refractivity contribution in [3.63, 3.8) is 0 Å². The Labute approximate surface area is 222 Å². The SMILES string of the molecule is CN(Cc1cc(C(F)(F)F)cc(C(F)(F)F)c1)C(=O)C1CCN(C(=O)CCS(C)(=O)=O)CC1c1ccccc1. The van der Waals surface area contributed by atoms with Crippen molar-refractivity contribution in [3.05, 3.63) is 70.8 Å². The second kappa shape index (κ2) is 11.6. The Hall–Kier alpha value is -3.09. The van der Waals surface area contributed by atoms with Gasteiger partial charge in [0, 0.05) is 51.2 Å². The number of amides is 2. The average Bonchev–Trinajstić information content (AvgIpc) is 2.85. The predicted molar refractivity (Wildman–Crippen MR) is 131 cm³/mol. The summed E-state index contributed by atoms with van der Waals surface area (Å²) in [4.78, 5) is 28.7. The summed E-state index contributed by atoms with van der Waals surface area (Å²) < 4.78 is 103. The van der Waals surface area contributed by atoms with Crippen LogP contribution >= 0.6 is 0 Å². The number of likely N-dealkylation sites (tertiary alicyclic amines) is 1. The number of carbonyl (C=O) groups is 2. The minimum absolute atomic E-state index is 0.0350. The van der Waals surface area contributed by atoms with Crippen molar-refractivity contribution < 1.29 is 44.3 Å². The van der Waals surface area contributed by atoms with Crippen molar-refractivity contribution in [2.75, 3.05) is 32.1 Å². The topological polar surface area (TPSA) is 74.8 Å². The number of alkyl halides is 6. The van der Waals surface area contributed by atoms with E-state index in [-0.39, 0.29) is 49.2 Å². The van der Waals surface area contributed by atoms with Crippen LogP contribution in [0.2, 0.25) is 0 Å². The van der Waals surface area contributed by atoms with Gasteiger partial charge < -0.3 is 9.80 Å². The van der Waals surface area contributed by atoms with Gasteiger partial charge in [-0.15, -0.1) is 0 Å². The monoisotopic (exact) mass is 578 g/mol. The molecule has 1 heterocycles. The lowest BCUT2D eigenvalue weighted by atomic mass is 9.79. The third-order valence-electron chi connectivity index (χ3n) is 6.64. The van der Waals surface area contributed by atoms with Gasteiger partial charge in [-0.2, -0.15) is 26.3 Å². The van der Waals surface area contributed by atoms with E-state index in [2.05, 4.69) is 0 Å². The van der Waals surface area contributed by atoms with Crippen LogP contribution in [0.25, 0.3) is 0 Å². The fourth-order valence-electron chi connectivity index (χ4n) is 4.69.